The van der Waals surface area contributed by atoms with Crippen LogP contribution in [0.15, 0.2) is 84.9 Å². The predicted molar refractivity (Wildman–Crippen MR) is 117 cm³/mol. The number of amides is 2. The molecule has 0 aliphatic carbocycles. The molecule has 3 aromatic rings. The SMILES string of the molecule is COc1ccc(N2C(=O)CC[C@@H](C(=O)Nc3ccccc3)[C@H]2c2ccccc2)cc1. The van der Waals surface area contributed by atoms with Gasteiger partial charge in [0.15, 0.2) is 0 Å². The Morgan fingerprint density at radius 2 is 1.57 bits per heavy atom. The van der Waals surface area contributed by atoms with E-state index in [9.17, 15) is 9.59 Å². The average Bonchev–Trinajstić information content (AvgIpc) is 2.80. The number of carbonyl (C=O) groups is 2. The fraction of sp³-hybridized carbons (Fsp3) is 0.200. The van der Waals surface area contributed by atoms with Gasteiger partial charge in [0.05, 0.1) is 19.1 Å². The molecule has 1 heterocycles. The van der Waals surface area contributed by atoms with Crippen molar-refractivity contribution in [3.05, 3.63) is 90.5 Å². The van der Waals surface area contributed by atoms with Crippen LogP contribution in [0.1, 0.15) is 24.4 Å². The third kappa shape index (κ3) is 4.06. The molecule has 0 saturated carbocycles. The molecule has 30 heavy (non-hydrogen) atoms. The van der Waals surface area contributed by atoms with Crippen molar-refractivity contribution in [1.29, 1.82) is 0 Å². The molecule has 0 spiro atoms. The van der Waals surface area contributed by atoms with Crippen LogP contribution in [0.5, 0.6) is 5.75 Å². The highest BCUT2D eigenvalue weighted by atomic mass is 16.5. The molecule has 1 fully saturated rings. The highest BCUT2D eigenvalue weighted by Gasteiger charge is 2.41. The minimum atomic E-state index is -0.385. The topological polar surface area (TPSA) is 58.6 Å². The van der Waals surface area contributed by atoms with E-state index in [1.165, 1.54) is 0 Å². The zero-order valence-corrected chi connectivity index (χ0v) is 16.8. The van der Waals surface area contributed by atoms with Gasteiger partial charge in [-0.1, -0.05) is 48.5 Å². The molecule has 1 aliphatic heterocycles. The first-order valence-electron chi connectivity index (χ1n) is 10.0. The van der Waals surface area contributed by atoms with Crippen molar-refractivity contribution in [3.63, 3.8) is 0 Å². The van der Waals surface area contributed by atoms with Crippen LogP contribution >= 0.6 is 0 Å². The molecule has 1 N–H and O–H groups in total. The van der Waals surface area contributed by atoms with E-state index in [0.29, 0.717) is 12.8 Å². The van der Waals surface area contributed by atoms with Gasteiger partial charge in [0.1, 0.15) is 5.75 Å². The van der Waals surface area contributed by atoms with Gasteiger partial charge in [-0.15, -0.1) is 0 Å². The molecule has 0 unspecified atom stereocenters. The number of ether oxygens (including phenoxy) is 1. The Bertz CT molecular complexity index is 1000. The number of nitrogens with zero attached hydrogens (tertiary/aromatic N) is 1. The van der Waals surface area contributed by atoms with Crippen LogP contribution in [-0.4, -0.2) is 18.9 Å². The lowest BCUT2D eigenvalue weighted by Crippen LogP contribution is -2.46. The van der Waals surface area contributed by atoms with Gasteiger partial charge < -0.3 is 15.0 Å². The number of para-hydroxylation sites is 1. The second kappa shape index (κ2) is 8.82. The van der Waals surface area contributed by atoms with Gasteiger partial charge >= 0.3 is 0 Å². The molecule has 2 atom stereocenters. The van der Waals surface area contributed by atoms with E-state index in [1.807, 2.05) is 84.9 Å². The van der Waals surface area contributed by atoms with Crippen molar-refractivity contribution >= 4 is 23.2 Å². The van der Waals surface area contributed by atoms with Crippen molar-refractivity contribution in [2.75, 3.05) is 17.3 Å². The second-order valence-corrected chi connectivity index (χ2v) is 7.32. The van der Waals surface area contributed by atoms with E-state index in [-0.39, 0.29) is 23.8 Å². The molecule has 3 aromatic carbocycles. The Hall–Kier alpha value is -3.60. The lowest BCUT2D eigenvalue weighted by Gasteiger charge is -2.41. The summed E-state index contributed by atoms with van der Waals surface area (Å²) in [6, 6.07) is 26.2. The van der Waals surface area contributed by atoms with E-state index in [1.54, 1.807) is 12.0 Å². The van der Waals surface area contributed by atoms with Crippen molar-refractivity contribution in [1.82, 2.24) is 0 Å². The smallest absolute Gasteiger partial charge is 0.229 e. The standard InChI is InChI=1S/C25H24N2O3/c1-30-21-14-12-20(13-15-21)27-23(28)17-16-22(24(27)18-8-4-2-5-9-18)25(29)26-19-10-6-3-7-11-19/h2-15,22,24H,16-17H2,1H3,(H,26,29)/t22-,24-/m1/s1. The van der Waals surface area contributed by atoms with Crippen molar-refractivity contribution < 1.29 is 14.3 Å². The minimum Gasteiger partial charge on any atom is -0.497 e. The maximum Gasteiger partial charge on any atom is 0.229 e. The summed E-state index contributed by atoms with van der Waals surface area (Å²) in [4.78, 5) is 28.0. The van der Waals surface area contributed by atoms with Crippen molar-refractivity contribution in [2.24, 2.45) is 5.92 Å². The molecule has 5 heteroatoms. The Balaban J connectivity index is 1.71. The number of piperidine rings is 1. The van der Waals surface area contributed by atoms with E-state index in [4.69, 9.17) is 4.74 Å². The third-order valence-corrected chi connectivity index (χ3v) is 5.47. The van der Waals surface area contributed by atoms with Crippen LogP contribution < -0.4 is 15.0 Å². The van der Waals surface area contributed by atoms with Gasteiger partial charge in [-0.25, -0.2) is 0 Å². The Labute approximate surface area is 176 Å². The monoisotopic (exact) mass is 400 g/mol. The molecular weight excluding hydrogens is 376 g/mol. The number of rotatable bonds is 5. The molecule has 5 nitrogen and oxygen atoms in total. The van der Waals surface area contributed by atoms with Gasteiger partial charge in [0, 0.05) is 17.8 Å². The fourth-order valence-electron chi connectivity index (χ4n) is 4.00. The molecule has 0 radical (unpaired) electrons. The second-order valence-electron chi connectivity index (χ2n) is 7.32. The first-order valence-corrected chi connectivity index (χ1v) is 10.0. The number of hydrogen-bond donors (Lipinski definition) is 1. The number of anilines is 2. The predicted octanol–water partition coefficient (Wildman–Crippen LogP) is 4.82. The zero-order valence-electron chi connectivity index (χ0n) is 16.8. The summed E-state index contributed by atoms with van der Waals surface area (Å²) in [6.07, 6.45) is 0.825. The fourth-order valence-corrected chi connectivity index (χ4v) is 4.00. The van der Waals surface area contributed by atoms with Crippen LogP contribution in [-0.2, 0) is 9.59 Å². The molecule has 0 aromatic heterocycles. The summed E-state index contributed by atoms with van der Waals surface area (Å²) in [7, 11) is 1.61. The first-order chi connectivity index (χ1) is 14.7. The average molecular weight is 400 g/mol. The molecule has 1 saturated heterocycles. The molecule has 0 bridgehead atoms. The van der Waals surface area contributed by atoms with Gasteiger partial charge in [-0.05, 0) is 48.4 Å². The summed E-state index contributed by atoms with van der Waals surface area (Å²) >= 11 is 0. The molecule has 2 amide bonds. The lowest BCUT2D eigenvalue weighted by atomic mass is 9.83. The number of benzene rings is 3. The lowest BCUT2D eigenvalue weighted by molar-refractivity contribution is -0.125. The van der Waals surface area contributed by atoms with Crippen LogP contribution in [0.4, 0.5) is 11.4 Å². The number of methoxy groups -OCH3 is 1. The zero-order chi connectivity index (χ0) is 20.9. The van der Waals surface area contributed by atoms with E-state index in [0.717, 1.165) is 22.7 Å². The molecule has 1 aliphatic rings. The van der Waals surface area contributed by atoms with Crippen molar-refractivity contribution in [3.8, 4) is 5.75 Å². The maximum atomic E-state index is 13.3. The summed E-state index contributed by atoms with van der Waals surface area (Å²) < 4.78 is 5.25. The van der Waals surface area contributed by atoms with Crippen LogP contribution in [0, 0.1) is 5.92 Å². The maximum absolute atomic E-state index is 13.3. The summed E-state index contributed by atoms with van der Waals surface area (Å²) in [5.74, 6) is 0.282. The Morgan fingerprint density at radius 1 is 0.933 bits per heavy atom. The molecular formula is C25H24N2O3. The summed E-state index contributed by atoms with van der Waals surface area (Å²) in [5.41, 5.74) is 2.45. The Morgan fingerprint density at radius 3 is 2.20 bits per heavy atom. The van der Waals surface area contributed by atoms with Gasteiger partial charge in [-0.2, -0.15) is 0 Å². The Kier molecular flexibility index (Phi) is 5.80. The van der Waals surface area contributed by atoms with Crippen LogP contribution in [0.3, 0.4) is 0 Å². The number of carbonyl (C=O) groups excluding carboxylic acids is 2. The van der Waals surface area contributed by atoms with Gasteiger partial charge in [0.25, 0.3) is 0 Å². The molecule has 152 valence electrons. The normalized spacial score (nSPS) is 18.7. The quantitative estimate of drug-likeness (QED) is 0.668. The van der Waals surface area contributed by atoms with Crippen LogP contribution in [0.25, 0.3) is 0 Å². The van der Waals surface area contributed by atoms with E-state index >= 15 is 0 Å². The van der Waals surface area contributed by atoms with E-state index < -0.39 is 0 Å². The highest BCUT2D eigenvalue weighted by Crippen LogP contribution is 2.40. The largest absolute Gasteiger partial charge is 0.497 e. The van der Waals surface area contributed by atoms with Crippen molar-refractivity contribution in [2.45, 2.75) is 18.9 Å². The number of hydrogen-bond acceptors (Lipinski definition) is 3. The minimum absolute atomic E-state index is 0.0118. The summed E-state index contributed by atoms with van der Waals surface area (Å²) in [6.45, 7) is 0. The molecule has 4 rings (SSSR count). The first kappa shape index (κ1) is 19.7. The van der Waals surface area contributed by atoms with E-state index in [2.05, 4.69) is 5.32 Å². The van der Waals surface area contributed by atoms with Gasteiger partial charge in [-0.3, -0.25) is 9.59 Å². The summed E-state index contributed by atoms with van der Waals surface area (Å²) in [5, 5.41) is 3.02. The highest BCUT2D eigenvalue weighted by molar-refractivity contribution is 6.00. The number of nitrogens with one attached hydrogen (secondary N) is 1. The van der Waals surface area contributed by atoms with Crippen LogP contribution in [0.2, 0.25) is 0 Å². The van der Waals surface area contributed by atoms with Gasteiger partial charge in [0.2, 0.25) is 11.8 Å². The third-order valence-electron chi connectivity index (χ3n) is 5.47.